The van der Waals surface area contributed by atoms with Crippen LogP contribution in [0.1, 0.15) is 64.7 Å². The average Bonchev–Trinajstić information content (AvgIpc) is 2.76. The Hall–Kier alpha value is -0.550. The SMILES string of the molecule is CCN(C1CCCC1)C1CCCCCC1C#N. The van der Waals surface area contributed by atoms with Crippen molar-refractivity contribution in [3.05, 3.63) is 0 Å². The largest absolute Gasteiger partial charge is 0.296 e. The first kappa shape index (κ1) is 12.9. The van der Waals surface area contributed by atoms with Crippen molar-refractivity contribution in [3.8, 4) is 6.07 Å². The molecule has 0 heterocycles. The summed E-state index contributed by atoms with van der Waals surface area (Å²) in [6, 6.07) is 3.92. The lowest BCUT2D eigenvalue weighted by atomic mass is 9.93. The zero-order valence-corrected chi connectivity index (χ0v) is 11.2. The summed E-state index contributed by atoms with van der Waals surface area (Å²) < 4.78 is 0. The van der Waals surface area contributed by atoms with Crippen LogP contribution in [0.5, 0.6) is 0 Å². The number of rotatable bonds is 3. The predicted octanol–water partition coefficient (Wildman–Crippen LogP) is 3.72. The van der Waals surface area contributed by atoms with Gasteiger partial charge in [0.05, 0.1) is 12.0 Å². The summed E-state index contributed by atoms with van der Waals surface area (Å²) in [7, 11) is 0. The summed E-state index contributed by atoms with van der Waals surface area (Å²) in [6.07, 6.45) is 11.8. The zero-order valence-electron chi connectivity index (χ0n) is 11.2. The highest BCUT2D eigenvalue weighted by Crippen LogP contribution is 2.32. The van der Waals surface area contributed by atoms with E-state index in [9.17, 15) is 5.26 Å². The third-order valence-corrected chi connectivity index (χ3v) is 4.73. The molecule has 2 fully saturated rings. The van der Waals surface area contributed by atoms with Crippen molar-refractivity contribution in [2.24, 2.45) is 5.92 Å². The average molecular weight is 234 g/mol. The summed E-state index contributed by atoms with van der Waals surface area (Å²) in [5, 5.41) is 9.40. The molecule has 2 saturated carbocycles. The second-order valence-corrected chi connectivity index (χ2v) is 5.71. The van der Waals surface area contributed by atoms with Crippen molar-refractivity contribution in [2.45, 2.75) is 76.8 Å². The van der Waals surface area contributed by atoms with Crippen LogP contribution in [-0.2, 0) is 0 Å². The molecule has 0 aromatic heterocycles. The number of hydrogen-bond acceptors (Lipinski definition) is 2. The van der Waals surface area contributed by atoms with Gasteiger partial charge in [-0.05, 0) is 32.2 Å². The van der Waals surface area contributed by atoms with Gasteiger partial charge in [-0.15, -0.1) is 0 Å². The molecule has 2 heteroatoms. The van der Waals surface area contributed by atoms with E-state index >= 15 is 0 Å². The zero-order chi connectivity index (χ0) is 12.1. The van der Waals surface area contributed by atoms with Crippen molar-refractivity contribution < 1.29 is 0 Å². The first-order valence-corrected chi connectivity index (χ1v) is 7.52. The maximum absolute atomic E-state index is 9.40. The van der Waals surface area contributed by atoms with Gasteiger partial charge in [-0.25, -0.2) is 0 Å². The summed E-state index contributed by atoms with van der Waals surface area (Å²) in [6.45, 7) is 3.41. The first-order valence-electron chi connectivity index (χ1n) is 7.52. The topological polar surface area (TPSA) is 27.0 Å². The van der Waals surface area contributed by atoms with Crippen LogP contribution in [-0.4, -0.2) is 23.5 Å². The van der Waals surface area contributed by atoms with Crippen LogP contribution >= 0.6 is 0 Å². The molecule has 0 amide bonds. The fraction of sp³-hybridized carbons (Fsp3) is 0.933. The van der Waals surface area contributed by atoms with Gasteiger partial charge in [-0.2, -0.15) is 5.26 Å². The maximum atomic E-state index is 9.40. The molecule has 0 bridgehead atoms. The Labute approximate surface area is 106 Å². The highest BCUT2D eigenvalue weighted by Gasteiger charge is 2.33. The van der Waals surface area contributed by atoms with E-state index in [4.69, 9.17) is 0 Å². The molecule has 2 aliphatic carbocycles. The number of nitriles is 1. The molecule has 0 saturated heterocycles. The molecule has 0 aliphatic heterocycles. The van der Waals surface area contributed by atoms with Crippen LogP contribution in [0.2, 0.25) is 0 Å². The first-order chi connectivity index (χ1) is 8.36. The molecular formula is C15H26N2. The molecule has 0 aromatic rings. The van der Waals surface area contributed by atoms with Gasteiger partial charge in [0, 0.05) is 12.1 Å². The lowest BCUT2D eigenvalue weighted by Gasteiger charge is -2.37. The Kier molecular flexibility index (Phi) is 4.86. The molecule has 0 N–H and O–H groups in total. The number of hydrogen-bond donors (Lipinski definition) is 0. The van der Waals surface area contributed by atoms with Crippen molar-refractivity contribution >= 4 is 0 Å². The van der Waals surface area contributed by atoms with Gasteiger partial charge in [0.1, 0.15) is 0 Å². The van der Waals surface area contributed by atoms with E-state index in [2.05, 4.69) is 17.9 Å². The van der Waals surface area contributed by atoms with Gasteiger partial charge in [-0.1, -0.05) is 39.0 Å². The van der Waals surface area contributed by atoms with E-state index < -0.39 is 0 Å². The van der Waals surface area contributed by atoms with Crippen LogP contribution in [0.4, 0.5) is 0 Å². The Balaban J connectivity index is 2.06. The van der Waals surface area contributed by atoms with E-state index in [1.165, 1.54) is 51.4 Å². The van der Waals surface area contributed by atoms with Crippen molar-refractivity contribution in [3.63, 3.8) is 0 Å². The molecule has 96 valence electrons. The molecule has 2 nitrogen and oxygen atoms in total. The molecule has 0 spiro atoms. The highest BCUT2D eigenvalue weighted by atomic mass is 15.2. The van der Waals surface area contributed by atoms with E-state index in [-0.39, 0.29) is 5.92 Å². The minimum Gasteiger partial charge on any atom is -0.296 e. The standard InChI is InChI=1S/C15H26N2/c1-2-17(14-9-6-7-10-14)15-11-5-3-4-8-13(15)12-16/h13-15H,2-11H2,1H3. The van der Waals surface area contributed by atoms with E-state index in [0.29, 0.717) is 6.04 Å². The minimum atomic E-state index is 0.290. The van der Waals surface area contributed by atoms with E-state index in [1.54, 1.807) is 0 Å². The van der Waals surface area contributed by atoms with Crippen LogP contribution in [0.25, 0.3) is 0 Å². The fourth-order valence-electron chi connectivity index (χ4n) is 3.84. The maximum Gasteiger partial charge on any atom is 0.0672 e. The van der Waals surface area contributed by atoms with Crippen LogP contribution in [0.3, 0.4) is 0 Å². The normalized spacial score (nSPS) is 31.4. The summed E-state index contributed by atoms with van der Waals surface area (Å²) in [4.78, 5) is 2.67. The number of nitrogens with zero attached hydrogens (tertiary/aromatic N) is 2. The van der Waals surface area contributed by atoms with Gasteiger partial charge in [0.15, 0.2) is 0 Å². The Morgan fingerprint density at radius 1 is 1.00 bits per heavy atom. The van der Waals surface area contributed by atoms with Gasteiger partial charge in [-0.3, -0.25) is 4.90 Å². The predicted molar refractivity (Wildman–Crippen MR) is 70.6 cm³/mol. The molecule has 2 unspecified atom stereocenters. The Morgan fingerprint density at radius 3 is 2.29 bits per heavy atom. The smallest absolute Gasteiger partial charge is 0.0672 e. The van der Waals surface area contributed by atoms with Crippen LogP contribution in [0.15, 0.2) is 0 Å². The highest BCUT2D eigenvalue weighted by molar-refractivity contribution is 4.96. The molecule has 0 aromatic carbocycles. The lowest BCUT2D eigenvalue weighted by Crippen LogP contribution is -2.45. The molecule has 2 rings (SSSR count). The van der Waals surface area contributed by atoms with Crippen LogP contribution in [0, 0.1) is 17.2 Å². The van der Waals surface area contributed by atoms with E-state index in [1.807, 2.05) is 0 Å². The third-order valence-electron chi connectivity index (χ3n) is 4.73. The Bertz CT molecular complexity index is 263. The third kappa shape index (κ3) is 3.01. The monoisotopic (exact) mass is 234 g/mol. The summed E-state index contributed by atoms with van der Waals surface area (Å²) in [5.74, 6) is 0.290. The van der Waals surface area contributed by atoms with Gasteiger partial charge < -0.3 is 0 Å². The fourth-order valence-corrected chi connectivity index (χ4v) is 3.84. The molecule has 0 radical (unpaired) electrons. The van der Waals surface area contributed by atoms with Gasteiger partial charge in [0.25, 0.3) is 0 Å². The quantitative estimate of drug-likeness (QED) is 0.696. The molecule has 17 heavy (non-hydrogen) atoms. The second kappa shape index (κ2) is 6.40. The minimum absolute atomic E-state index is 0.290. The second-order valence-electron chi connectivity index (χ2n) is 5.71. The lowest BCUT2D eigenvalue weighted by molar-refractivity contribution is 0.109. The molecule has 2 aliphatic rings. The van der Waals surface area contributed by atoms with Crippen molar-refractivity contribution in [1.29, 1.82) is 5.26 Å². The van der Waals surface area contributed by atoms with Crippen molar-refractivity contribution in [2.75, 3.05) is 6.54 Å². The molecular weight excluding hydrogens is 208 g/mol. The van der Waals surface area contributed by atoms with Crippen molar-refractivity contribution in [1.82, 2.24) is 4.90 Å². The van der Waals surface area contributed by atoms with Crippen LogP contribution < -0.4 is 0 Å². The summed E-state index contributed by atoms with van der Waals surface area (Å²) >= 11 is 0. The molecule has 2 atom stereocenters. The summed E-state index contributed by atoms with van der Waals surface area (Å²) in [5.41, 5.74) is 0. The van der Waals surface area contributed by atoms with Gasteiger partial charge in [0.2, 0.25) is 0 Å². The van der Waals surface area contributed by atoms with E-state index in [0.717, 1.165) is 19.0 Å². The Morgan fingerprint density at radius 2 is 1.65 bits per heavy atom. The van der Waals surface area contributed by atoms with Gasteiger partial charge >= 0.3 is 0 Å².